The van der Waals surface area contributed by atoms with Crippen molar-refractivity contribution in [3.8, 4) is 0 Å². The van der Waals surface area contributed by atoms with Gasteiger partial charge in [0, 0.05) is 5.75 Å². The molecule has 0 saturated carbocycles. The molecule has 1 aromatic heterocycles. The lowest BCUT2D eigenvalue weighted by molar-refractivity contribution is -0.137. The van der Waals surface area contributed by atoms with E-state index in [-0.39, 0.29) is 11.4 Å². The summed E-state index contributed by atoms with van der Waals surface area (Å²) in [7, 11) is 0. The number of alkyl halides is 3. The maximum Gasteiger partial charge on any atom is 0.418 e. The van der Waals surface area contributed by atoms with Crippen LogP contribution < -0.4 is 5.32 Å². The van der Waals surface area contributed by atoms with Crippen LogP contribution in [0.5, 0.6) is 0 Å². The van der Waals surface area contributed by atoms with Crippen LogP contribution in [0.4, 0.5) is 18.9 Å². The molecule has 1 N–H and O–H groups in total. The van der Waals surface area contributed by atoms with Crippen molar-refractivity contribution in [1.82, 2.24) is 10.2 Å². The largest absolute Gasteiger partial charge is 0.418 e. The first-order valence-corrected chi connectivity index (χ1v) is 10.8. The minimum atomic E-state index is -4.53. The Kier molecular flexibility index (Phi) is 6.97. The van der Waals surface area contributed by atoms with E-state index < -0.39 is 17.6 Å². The predicted molar refractivity (Wildman–Crippen MR) is 107 cm³/mol. The monoisotopic (exact) mass is 441 g/mol. The fraction of sp³-hybridized carbons (Fsp3) is 0.167. The molecule has 3 rings (SSSR count). The number of nitrogens with one attached hydrogen (secondary N) is 1. The summed E-state index contributed by atoms with van der Waals surface area (Å²) in [6.45, 7) is 0. The lowest BCUT2D eigenvalue weighted by atomic mass is 10.1. The molecule has 0 bridgehead atoms. The van der Waals surface area contributed by atoms with E-state index in [4.69, 9.17) is 0 Å². The summed E-state index contributed by atoms with van der Waals surface area (Å²) in [4.78, 5) is 12.0. The van der Waals surface area contributed by atoms with Crippen LogP contribution in [0.15, 0.2) is 63.3 Å². The van der Waals surface area contributed by atoms with Crippen molar-refractivity contribution in [2.75, 3.05) is 11.1 Å². The van der Waals surface area contributed by atoms with Crippen molar-refractivity contribution >= 4 is 46.5 Å². The zero-order valence-corrected chi connectivity index (χ0v) is 16.7. The first-order chi connectivity index (χ1) is 13.4. The maximum absolute atomic E-state index is 13.0. The third-order valence-electron chi connectivity index (χ3n) is 3.43. The first kappa shape index (κ1) is 20.7. The van der Waals surface area contributed by atoms with Gasteiger partial charge in [-0.3, -0.25) is 4.79 Å². The summed E-state index contributed by atoms with van der Waals surface area (Å²) < 4.78 is 40.3. The number of amides is 1. The molecule has 0 spiro atoms. The second kappa shape index (κ2) is 9.44. The van der Waals surface area contributed by atoms with Crippen molar-refractivity contribution < 1.29 is 18.0 Å². The normalized spacial score (nSPS) is 11.4. The maximum atomic E-state index is 13.0. The van der Waals surface area contributed by atoms with Crippen molar-refractivity contribution in [3.63, 3.8) is 0 Å². The van der Waals surface area contributed by atoms with Gasteiger partial charge in [0.1, 0.15) is 0 Å². The van der Waals surface area contributed by atoms with Crippen LogP contribution in [0.3, 0.4) is 0 Å². The number of nitrogens with zero attached hydrogens (tertiary/aromatic N) is 2. The third kappa shape index (κ3) is 5.98. The van der Waals surface area contributed by atoms with E-state index >= 15 is 0 Å². The molecule has 0 saturated heterocycles. The third-order valence-corrected chi connectivity index (χ3v) is 6.69. The van der Waals surface area contributed by atoms with Gasteiger partial charge < -0.3 is 5.32 Å². The summed E-state index contributed by atoms with van der Waals surface area (Å²) in [5.74, 6) is 0.175. The van der Waals surface area contributed by atoms with Gasteiger partial charge in [0.05, 0.1) is 17.0 Å². The smallest absolute Gasteiger partial charge is 0.325 e. The van der Waals surface area contributed by atoms with Gasteiger partial charge in [-0.05, 0) is 17.7 Å². The SMILES string of the molecule is O=C(CSc1nnc(SCc2ccccc2)s1)Nc1ccccc1C(F)(F)F. The Morgan fingerprint density at radius 2 is 1.61 bits per heavy atom. The van der Waals surface area contributed by atoms with Gasteiger partial charge in [0.25, 0.3) is 0 Å². The molecular weight excluding hydrogens is 427 g/mol. The molecule has 0 aliphatic heterocycles. The van der Waals surface area contributed by atoms with Gasteiger partial charge in [0.15, 0.2) is 8.68 Å². The van der Waals surface area contributed by atoms with Crippen LogP contribution in [0, 0.1) is 0 Å². The second-order valence-electron chi connectivity index (χ2n) is 5.49. The van der Waals surface area contributed by atoms with E-state index in [1.54, 1.807) is 11.8 Å². The van der Waals surface area contributed by atoms with Crippen molar-refractivity contribution in [1.29, 1.82) is 0 Å². The highest BCUT2D eigenvalue weighted by atomic mass is 32.2. The van der Waals surface area contributed by atoms with E-state index in [0.29, 0.717) is 4.34 Å². The number of carbonyl (C=O) groups excluding carboxylic acids is 1. The zero-order valence-electron chi connectivity index (χ0n) is 14.3. The molecule has 146 valence electrons. The average Bonchev–Trinajstić information content (AvgIpc) is 3.13. The number of para-hydroxylation sites is 1. The number of hydrogen-bond donors (Lipinski definition) is 1. The Balaban J connectivity index is 1.51. The Morgan fingerprint density at radius 1 is 0.964 bits per heavy atom. The molecule has 3 aromatic rings. The van der Waals surface area contributed by atoms with Gasteiger partial charge in [-0.15, -0.1) is 10.2 Å². The van der Waals surface area contributed by atoms with E-state index in [1.165, 1.54) is 35.1 Å². The number of rotatable bonds is 7. The molecule has 0 atom stereocenters. The number of anilines is 1. The number of halogens is 3. The number of hydrogen-bond acceptors (Lipinski definition) is 6. The fourth-order valence-electron chi connectivity index (χ4n) is 2.19. The zero-order chi connectivity index (χ0) is 20.0. The minimum Gasteiger partial charge on any atom is -0.325 e. The number of aromatic nitrogens is 2. The summed E-state index contributed by atoms with van der Waals surface area (Å²) in [5.41, 5.74) is 0.0421. The summed E-state index contributed by atoms with van der Waals surface area (Å²) in [6, 6.07) is 14.8. The molecule has 0 fully saturated rings. The minimum absolute atomic E-state index is 0.0514. The predicted octanol–water partition coefficient (Wildman–Crippen LogP) is 5.58. The summed E-state index contributed by atoms with van der Waals surface area (Å²) in [6.07, 6.45) is -4.53. The van der Waals surface area contributed by atoms with Crippen molar-refractivity contribution in [2.24, 2.45) is 0 Å². The standard InChI is InChI=1S/C18H14F3N3OS3/c19-18(20,21)13-8-4-5-9-14(13)22-15(25)11-27-17-24-23-16(28-17)26-10-12-6-2-1-3-7-12/h1-9H,10-11H2,(H,22,25). The van der Waals surface area contributed by atoms with Crippen molar-refractivity contribution in [3.05, 3.63) is 65.7 Å². The molecule has 0 unspecified atom stereocenters. The van der Waals surface area contributed by atoms with Gasteiger partial charge in [-0.25, -0.2) is 0 Å². The lowest BCUT2D eigenvalue weighted by Crippen LogP contribution is -2.18. The van der Waals surface area contributed by atoms with E-state index in [0.717, 1.165) is 27.9 Å². The molecule has 4 nitrogen and oxygen atoms in total. The van der Waals surface area contributed by atoms with Crippen LogP contribution >= 0.6 is 34.9 Å². The highest BCUT2D eigenvalue weighted by molar-refractivity contribution is 8.03. The Morgan fingerprint density at radius 3 is 2.32 bits per heavy atom. The Hall–Kier alpha value is -2.04. The number of carbonyl (C=O) groups is 1. The summed E-state index contributed by atoms with van der Waals surface area (Å²) >= 11 is 4.04. The lowest BCUT2D eigenvalue weighted by Gasteiger charge is -2.13. The molecule has 1 amide bonds. The number of benzene rings is 2. The molecule has 1 heterocycles. The van der Waals surface area contributed by atoms with Gasteiger partial charge >= 0.3 is 6.18 Å². The van der Waals surface area contributed by atoms with Crippen LogP contribution in [-0.4, -0.2) is 21.9 Å². The molecular formula is C18H14F3N3OS3. The first-order valence-electron chi connectivity index (χ1n) is 8.01. The second-order valence-corrected chi connectivity index (χ2v) is 8.91. The van der Waals surface area contributed by atoms with Gasteiger partial charge in [-0.2, -0.15) is 13.2 Å². The van der Waals surface area contributed by atoms with Crippen LogP contribution in [0.25, 0.3) is 0 Å². The highest BCUT2D eigenvalue weighted by Gasteiger charge is 2.33. The summed E-state index contributed by atoms with van der Waals surface area (Å²) in [5, 5.41) is 10.4. The Bertz CT molecular complexity index is 932. The van der Waals surface area contributed by atoms with E-state index in [9.17, 15) is 18.0 Å². The van der Waals surface area contributed by atoms with Crippen molar-refractivity contribution in [2.45, 2.75) is 20.6 Å². The molecule has 2 aromatic carbocycles. The number of thioether (sulfide) groups is 2. The molecule has 0 radical (unpaired) electrons. The van der Waals surface area contributed by atoms with Crippen LogP contribution in [-0.2, 0) is 16.7 Å². The molecule has 0 aliphatic carbocycles. The van der Waals surface area contributed by atoms with Crippen LogP contribution in [0.1, 0.15) is 11.1 Å². The average molecular weight is 442 g/mol. The van der Waals surface area contributed by atoms with E-state index in [1.807, 2.05) is 30.3 Å². The van der Waals surface area contributed by atoms with Gasteiger partial charge in [0.2, 0.25) is 5.91 Å². The molecule has 10 heteroatoms. The Labute approximate surface area is 172 Å². The van der Waals surface area contributed by atoms with Gasteiger partial charge in [-0.1, -0.05) is 77.3 Å². The topological polar surface area (TPSA) is 54.9 Å². The van der Waals surface area contributed by atoms with Crippen LogP contribution in [0.2, 0.25) is 0 Å². The molecule has 0 aliphatic rings. The quantitative estimate of drug-likeness (QED) is 0.485. The highest BCUT2D eigenvalue weighted by Crippen LogP contribution is 2.35. The molecule has 28 heavy (non-hydrogen) atoms. The fourth-order valence-corrected chi connectivity index (χ4v) is 4.96. The van der Waals surface area contributed by atoms with E-state index in [2.05, 4.69) is 15.5 Å².